The van der Waals surface area contributed by atoms with E-state index in [9.17, 15) is 9.59 Å². The van der Waals surface area contributed by atoms with Gasteiger partial charge in [0, 0.05) is 0 Å². The molecule has 1 aromatic carbocycles. The Morgan fingerprint density at radius 2 is 1.84 bits per heavy atom. The van der Waals surface area contributed by atoms with Crippen LogP contribution in [0.15, 0.2) is 36.9 Å². The summed E-state index contributed by atoms with van der Waals surface area (Å²) in [5, 5.41) is 0. The van der Waals surface area contributed by atoms with Gasteiger partial charge in [0.1, 0.15) is 19.3 Å². The van der Waals surface area contributed by atoms with Crippen molar-refractivity contribution in [1.29, 1.82) is 0 Å². The van der Waals surface area contributed by atoms with Crippen LogP contribution in [0.3, 0.4) is 0 Å². The number of hydrogen-bond donors (Lipinski definition) is 0. The van der Waals surface area contributed by atoms with Gasteiger partial charge < -0.3 is 14.2 Å². The van der Waals surface area contributed by atoms with Gasteiger partial charge in [-0.15, -0.1) is 0 Å². The zero-order chi connectivity index (χ0) is 13.7. The molecular formula is C14H14O5. The van der Waals surface area contributed by atoms with Crippen LogP contribution in [-0.4, -0.2) is 37.9 Å². The molecule has 1 heterocycles. The molecule has 2 rings (SSSR count). The third-order valence-electron chi connectivity index (χ3n) is 2.50. The van der Waals surface area contributed by atoms with Gasteiger partial charge in [0.2, 0.25) is 0 Å². The third kappa shape index (κ3) is 3.66. The molecule has 0 aliphatic carbocycles. The third-order valence-corrected chi connectivity index (χ3v) is 2.50. The largest absolute Gasteiger partial charge is 0.459 e. The van der Waals surface area contributed by atoms with Crippen molar-refractivity contribution in [3.8, 4) is 0 Å². The summed E-state index contributed by atoms with van der Waals surface area (Å²) in [5.74, 6) is -1.13. The lowest BCUT2D eigenvalue weighted by atomic mass is 10.1. The summed E-state index contributed by atoms with van der Waals surface area (Å²) >= 11 is 0. The first kappa shape index (κ1) is 13.3. The number of epoxide rings is 1. The van der Waals surface area contributed by atoms with Crippen LogP contribution < -0.4 is 0 Å². The van der Waals surface area contributed by atoms with E-state index in [1.165, 1.54) is 18.2 Å². The zero-order valence-corrected chi connectivity index (χ0v) is 10.3. The molecule has 0 saturated carbocycles. The normalized spacial score (nSPS) is 16.5. The smallest absolute Gasteiger partial charge is 0.339 e. The Morgan fingerprint density at radius 3 is 2.37 bits per heavy atom. The standard InChI is InChI=1S/C14H14O5/c1-2-7-17-13(15)11-5-3-4-6-12(11)14(16)19-9-10-8-18-10/h2-6,10H,1,7-9H2/t10-/m0/s1. The molecule has 5 heteroatoms. The van der Waals surface area contributed by atoms with E-state index in [0.717, 1.165) is 0 Å². The molecule has 0 N–H and O–H groups in total. The van der Waals surface area contributed by atoms with Gasteiger partial charge in [0.15, 0.2) is 0 Å². The fourth-order valence-electron chi connectivity index (χ4n) is 1.46. The summed E-state index contributed by atoms with van der Waals surface area (Å²) in [6.07, 6.45) is 1.45. The molecule has 100 valence electrons. The molecule has 0 unspecified atom stereocenters. The Bertz CT molecular complexity index is 490. The number of ether oxygens (including phenoxy) is 3. The Hall–Kier alpha value is -2.14. The number of esters is 2. The van der Waals surface area contributed by atoms with E-state index < -0.39 is 11.9 Å². The average molecular weight is 262 g/mol. The lowest BCUT2D eigenvalue weighted by Crippen LogP contribution is -2.15. The molecule has 1 saturated heterocycles. The average Bonchev–Trinajstić information content (AvgIpc) is 3.26. The number of benzene rings is 1. The summed E-state index contributed by atoms with van der Waals surface area (Å²) in [5.41, 5.74) is 0.378. The summed E-state index contributed by atoms with van der Waals surface area (Å²) in [6, 6.07) is 6.37. The van der Waals surface area contributed by atoms with Crippen molar-refractivity contribution in [1.82, 2.24) is 0 Å². The molecule has 5 nitrogen and oxygen atoms in total. The van der Waals surface area contributed by atoms with Gasteiger partial charge in [-0.3, -0.25) is 0 Å². The molecule has 1 aromatic rings. The number of carbonyl (C=O) groups excluding carboxylic acids is 2. The highest BCUT2D eigenvalue weighted by Gasteiger charge is 2.26. The van der Waals surface area contributed by atoms with Crippen LogP contribution in [0.4, 0.5) is 0 Å². The predicted molar refractivity (Wildman–Crippen MR) is 66.9 cm³/mol. The van der Waals surface area contributed by atoms with Crippen LogP contribution >= 0.6 is 0 Å². The molecule has 1 aliphatic rings. The van der Waals surface area contributed by atoms with Gasteiger partial charge in [-0.2, -0.15) is 0 Å². The van der Waals surface area contributed by atoms with Gasteiger partial charge in [-0.05, 0) is 12.1 Å². The molecule has 0 bridgehead atoms. The highest BCUT2D eigenvalue weighted by atomic mass is 16.6. The maximum Gasteiger partial charge on any atom is 0.339 e. The number of rotatable bonds is 6. The first-order chi connectivity index (χ1) is 9.22. The van der Waals surface area contributed by atoms with Gasteiger partial charge in [0.05, 0.1) is 17.7 Å². The van der Waals surface area contributed by atoms with Crippen LogP contribution in [0.2, 0.25) is 0 Å². The molecule has 0 aromatic heterocycles. The van der Waals surface area contributed by atoms with E-state index in [0.29, 0.717) is 6.61 Å². The lowest BCUT2D eigenvalue weighted by Gasteiger charge is -2.08. The van der Waals surface area contributed by atoms with Crippen LogP contribution in [0.1, 0.15) is 20.7 Å². The van der Waals surface area contributed by atoms with E-state index in [-0.39, 0.29) is 30.4 Å². The molecule has 0 amide bonds. The van der Waals surface area contributed by atoms with Crippen molar-refractivity contribution in [2.24, 2.45) is 0 Å². The second-order valence-electron chi connectivity index (χ2n) is 3.99. The van der Waals surface area contributed by atoms with Crippen molar-refractivity contribution in [2.75, 3.05) is 19.8 Å². The minimum atomic E-state index is -0.574. The lowest BCUT2D eigenvalue weighted by molar-refractivity contribution is 0.0454. The van der Waals surface area contributed by atoms with Crippen LogP contribution in [0.25, 0.3) is 0 Å². The fourth-order valence-corrected chi connectivity index (χ4v) is 1.46. The van der Waals surface area contributed by atoms with Gasteiger partial charge >= 0.3 is 11.9 Å². The molecule has 19 heavy (non-hydrogen) atoms. The van der Waals surface area contributed by atoms with Crippen molar-refractivity contribution in [3.63, 3.8) is 0 Å². The summed E-state index contributed by atoms with van der Waals surface area (Å²) in [7, 11) is 0. The monoisotopic (exact) mass is 262 g/mol. The van der Waals surface area contributed by atoms with Crippen LogP contribution in [0.5, 0.6) is 0 Å². The van der Waals surface area contributed by atoms with Gasteiger partial charge in [-0.25, -0.2) is 9.59 Å². The maximum atomic E-state index is 11.9. The minimum absolute atomic E-state index is 0.0103. The minimum Gasteiger partial charge on any atom is -0.459 e. The van der Waals surface area contributed by atoms with Crippen molar-refractivity contribution in [3.05, 3.63) is 48.0 Å². The molecule has 0 radical (unpaired) electrons. The molecule has 1 atom stereocenters. The van der Waals surface area contributed by atoms with Gasteiger partial charge in [-0.1, -0.05) is 24.8 Å². The van der Waals surface area contributed by atoms with E-state index in [1.807, 2.05) is 0 Å². The van der Waals surface area contributed by atoms with Crippen LogP contribution in [0, 0.1) is 0 Å². The second kappa shape index (κ2) is 6.15. The first-order valence-electron chi connectivity index (χ1n) is 5.88. The van der Waals surface area contributed by atoms with E-state index in [4.69, 9.17) is 14.2 Å². The van der Waals surface area contributed by atoms with E-state index in [2.05, 4.69) is 6.58 Å². The maximum absolute atomic E-state index is 11.9. The predicted octanol–water partition coefficient (Wildman–Crippen LogP) is 1.58. The first-order valence-corrected chi connectivity index (χ1v) is 5.88. The topological polar surface area (TPSA) is 65.1 Å². The van der Waals surface area contributed by atoms with E-state index in [1.54, 1.807) is 12.1 Å². The van der Waals surface area contributed by atoms with Crippen molar-refractivity contribution < 1.29 is 23.8 Å². The van der Waals surface area contributed by atoms with Crippen molar-refractivity contribution >= 4 is 11.9 Å². The Labute approximate surface area is 110 Å². The Balaban J connectivity index is 2.07. The summed E-state index contributed by atoms with van der Waals surface area (Å²) in [6.45, 7) is 4.36. The fraction of sp³-hybridized carbons (Fsp3) is 0.286. The Morgan fingerprint density at radius 1 is 1.26 bits per heavy atom. The highest BCUT2D eigenvalue weighted by molar-refractivity contribution is 6.03. The number of hydrogen-bond acceptors (Lipinski definition) is 5. The number of carbonyl (C=O) groups is 2. The Kier molecular flexibility index (Phi) is 4.30. The molecule has 1 fully saturated rings. The SMILES string of the molecule is C=CCOC(=O)c1ccccc1C(=O)OC[C@@H]1CO1. The molecular weight excluding hydrogens is 248 g/mol. The summed E-state index contributed by atoms with van der Waals surface area (Å²) < 4.78 is 14.9. The van der Waals surface area contributed by atoms with Gasteiger partial charge in [0.25, 0.3) is 0 Å². The van der Waals surface area contributed by atoms with Crippen molar-refractivity contribution in [2.45, 2.75) is 6.10 Å². The van der Waals surface area contributed by atoms with Crippen LogP contribution in [-0.2, 0) is 14.2 Å². The second-order valence-corrected chi connectivity index (χ2v) is 3.99. The molecule has 1 aliphatic heterocycles. The highest BCUT2D eigenvalue weighted by Crippen LogP contribution is 2.14. The quantitative estimate of drug-likeness (QED) is 0.442. The molecule has 0 spiro atoms. The zero-order valence-electron chi connectivity index (χ0n) is 10.3. The summed E-state index contributed by atoms with van der Waals surface area (Å²) in [4.78, 5) is 23.6. The van der Waals surface area contributed by atoms with E-state index >= 15 is 0 Å².